The summed E-state index contributed by atoms with van der Waals surface area (Å²) in [6.07, 6.45) is 0.828. The van der Waals surface area contributed by atoms with Gasteiger partial charge in [0.15, 0.2) is 11.5 Å². The summed E-state index contributed by atoms with van der Waals surface area (Å²) < 4.78 is 14.8. The summed E-state index contributed by atoms with van der Waals surface area (Å²) in [6, 6.07) is 20.3. The smallest absolute Gasteiger partial charge is 0.223 e. The van der Waals surface area contributed by atoms with Crippen molar-refractivity contribution in [2.24, 2.45) is 0 Å². The maximum atomic E-state index is 13.1. The molecule has 5 rings (SSSR count). The quantitative estimate of drug-likeness (QED) is 0.458. The third-order valence-electron chi connectivity index (χ3n) is 6.03. The van der Waals surface area contributed by atoms with Gasteiger partial charge in [-0.25, -0.2) is 4.39 Å². The molecule has 0 radical (unpaired) electrons. The third-order valence-corrected chi connectivity index (χ3v) is 6.03. The molecule has 3 heterocycles. The molecule has 1 saturated heterocycles. The Labute approximate surface area is 197 Å². The highest BCUT2D eigenvalue weighted by molar-refractivity contribution is 5.76. The highest BCUT2D eigenvalue weighted by atomic mass is 19.1. The van der Waals surface area contributed by atoms with Gasteiger partial charge in [-0.3, -0.25) is 4.79 Å². The van der Waals surface area contributed by atoms with Crippen molar-refractivity contribution in [2.75, 3.05) is 36.4 Å². The van der Waals surface area contributed by atoms with E-state index in [1.807, 2.05) is 35.2 Å². The number of rotatable bonds is 7. The van der Waals surface area contributed by atoms with Gasteiger partial charge >= 0.3 is 0 Å². The number of nitrogens with zero attached hydrogens (tertiary/aromatic N) is 6. The lowest BCUT2D eigenvalue weighted by Crippen LogP contribution is -2.48. The number of fused-ring (bicyclic) bond motifs is 1. The van der Waals surface area contributed by atoms with E-state index in [-0.39, 0.29) is 11.7 Å². The minimum absolute atomic E-state index is 0.120. The lowest BCUT2D eigenvalue weighted by atomic mass is 10.2. The number of piperazine rings is 1. The molecule has 0 aliphatic carbocycles. The molecule has 1 aliphatic rings. The van der Waals surface area contributed by atoms with E-state index in [4.69, 9.17) is 0 Å². The second kappa shape index (κ2) is 9.86. The van der Waals surface area contributed by atoms with E-state index in [2.05, 4.69) is 37.6 Å². The van der Waals surface area contributed by atoms with Crippen LogP contribution in [0.2, 0.25) is 0 Å². The van der Waals surface area contributed by atoms with E-state index < -0.39 is 0 Å². The van der Waals surface area contributed by atoms with Crippen LogP contribution >= 0.6 is 0 Å². The SMILES string of the molecule is O=C(CCc1nnc2ccc(NCc3ccc(F)cc3)nn12)N1CCN(c2ccccc2)CC1. The Morgan fingerprint density at radius 3 is 2.44 bits per heavy atom. The fourth-order valence-corrected chi connectivity index (χ4v) is 4.11. The number of halogens is 1. The molecule has 1 amide bonds. The van der Waals surface area contributed by atoms with Crippen LogP contribution in [0.3, 0.4) is 0 Å². The molecule has 8 nitrogen and oxygen atoms in total. The largest absolute Gasteiger partial charge is 0.368 e. The van der Waals surface area contributed by atoms with Crippen molar-refractivity contribution in [2.45, 2.75) is 19.4 Å². The zero-order valence-electron chi connectivity index (χ0n) is 18.8. The standard InChI is InChI=1S/C25H26FN7O/c26-20-8-6-19(7-9-20)18-27-22-10-11-23-28-29-24(33(23)30-22)12-13-25(34)32-16-14-31(15-17-32)21-4-2-1-3-5-21/h1-11H,12-18H2,(H,27,30). The van der Waals surface area contributed by atoms with Gasteiger partial charge in [-0.1, -0.05) is 30.3 Å². The summed E-state index contributed by atoms with van der Waals surface area (Å²) in [4.78, 5) is 17.0. The van der Waals surface area contributed by atoms with Crippen LogP contribution in [0.25, 0.3) is 5.65 Å². The first-order chi connectivity index (χ1) is 16.7. The first kappa shape index (κ1) is 21.8. The van der Waals surface area contributed by atoms with E-state index >= 15 is 0 Å². The number of carbonyl (C=O) groups excluding carboxylic acids is 1. The lowest BCUT2D eigenvalue weighted by Gasteiger charge is -2.36. The van der Waals surface area contributed by atoms with Gasteiger partial charge in [-0.05, 0) is 42.0 Å². The number of amides is 1. The fourth-order valence-electron chi connectivity index (χ4n) is 4.11. The molecule has 0 bridgehead atoms. The first-order valence-electron chi connectivity index (χ1n) is 11.4. The van der Waals surface area contributed by atoms with Gasteiger partial charge in [-0.15, -0.1) is 15.3 Å². The number of para-hydroxylation sites is 1. The Hall–Kier alpha value is -4.01. The molecule has 1 aliphatic heterocycles. The highest BCUT2D eigenvalue weighted by Gasteiger charge is 2.21. The van der Waals surface area contributed by atoms with Crippen molar-refractivity contribution < 1.29 is 9.18 Å². The maximum Gasteiger partial charge on any atom is 0.223 e. The zero-order chi connectivity index (χ0) is 23.3. The average Bonchev–Trinajstić information content (AvgIpc) is 3.30. The number of benzene rings is 2. The molecule has 174 valence electrons. The van der Waals surface area contributed by atoms with Gasteiger partial charge in [0.25, 0.3) is 0 Å². The maximum absolute atomic E-state index is 13.1. The highest BCUT2D eigenvalue weighted by Crippen LogP contribution is 2.16. The number of anilines is 2. The van der Waals surface area contributed by atoms with Crippen molar-refractivity contribution in [3.05, 3.63) is 83.9 Å². The van der Waals surface area contributed by atoms with Crippen molar-refractivity contribution >= 4 is 23.1 Å². The van der Waals surface area contributed by atoms with Crippen LogP contribution in [-0.4, -0.2) is 56.8 Å². The summed E-state index contributed by atoms with van der Waals surface area (Å²) in [5, 5.41) is 16.2. The Morgan fingerprint density at radius 2 is 1.68 bits per heavy atom. The van der Waals surface area contributed by atoms with Crippen molar-refractivity contribution in [1.82, 2.24) is 24.7 Å². The van der Waals surface area contributed by atoms with Crippen molar-refractivity contribution in [3.63, 3.8) is 0 Å². The summed E-state index contributed by atoms with van der Waals surface area (Å²) in [5.41, 5.74) is 2.77. The fraction of sp³-hybridized carbons (Fsp3) is 0.280. The molecular weight excluding hydrogens is 433 g/mol. The topological polar surface area (TPSA) is 78.7 Å². The molecule has 2 aromatic carbocycles. The summed E-state index contributed by atoms with van der Waals surface area (Å²) >= 11 is 0. The van der Waals surface area contributed by atoms with Gasteiger partial charge in [0.2, 0.25) is 5.91 Å². The van der Waals surface area contributed by atoms with Crippen LogP contribution in [0.15, 0.2) is 66.7 Å². The lowest BCUT2D eigenvalue weighted by molar-refractivity contribution is -0.131. The Balaban J connectivity index is 1.16. The second-order valence-corrected chi connectivity index (χ2v) is 8.29. The van der Waals surface area contributed by atoms with Crippen molar-refractivity contribution in [1.29, 1.82) is 0 Å². The minimum Gasteiger partial charge on any atom is -0.368 e. The van der Waals surface area contributed by atoms with Gasteiger partial charge < -0.3 is 15.1 Å². The van der Waals surface area contributed by atoms with Gasteiger partial charge in [-0.2, -0.15) is 4.52 Å². The predicted octanol–water partition coefficient (Wildman–Crippen LogP) is 3.16. The molecule has 34 heavy (non-hydrogen) atoms. The van der Waals surface area contributed by atoms with Gasteiger partial charge in [0.05, 0.1) is 0 Å². The molecule has 0 atom stereocenters. The van der Waals surface area contributed by atoms with E-state index in [1.165, 1.54) is 17.8 Å². The molecule has 0 saturated carbocycles. The van der Waals surface area contributed by atoms with Gasteiger partial charge in [0, 0.05) is 51.3 Å². The predicted molar refractivity (Wildman–Crippen MR) is 128 cm³/mol. The normalized spacial score (nSPS) is 13.9. The monoisotopic (exact) mass is 459 g/mol. The molecule has 2 aromatic heterocycles. The summed E-state index contributed by atoms with van der Waals surface area (Å²) in [7, 11) is 0. The van der Waals surface area contributed by atoms with E-state index in [1.54, 1.807) is 16.6 Å². The van der Waals surface area contributed by atoms with E-state index in [9.17, 15) is 9.18 Å². The number of hydrogen-bond donors (Lipinski definition) is 1. The number of nitrogens with one attached hydrogen (secondary N) is 1. The van der Waals surface area contributed by atoms with E-state index in [0.29, 0.717) is 49.8 Å². The molecular formula is C25H26FN7O. The molecule has 9 heteroatoms. The van der Waals surface area contributed by atoms with Crippen LogP contribution in [0, 0.1) is 5.82 Å². The molecule has 1 N–H and O–H groups in total. The molecule has 0 spiro atoms. The third kappa shape index (κ3) is 4.98. The van der Waals surface area contributed by atoms with E-state index in [0.717, 1.165) is 18.7 Å². The van der Waals surface area contributed by atoms with Crippen LogP contribution in [0.1, 0.15) is 17.8 Å². The average molecular weight is 460 g/mol. The number of hydrogen-bond acceptors (Lipinski definition) is 6. The van der Waals surface area contributed by atoms with Crippen LogP contribution in [0.5, 0.6) is 0 Å². The Bertz CT molecular complexity index is 1250. The zero-order valence-corrected chi connectivity index (χ0v) is 18.8. The molecule has 0 unspecified atom stereocenters. The summed E-state index contributed by atoms with van der Waals surface area (Å²) in [6.45, 7) is 3.60. The van der Waals surface area contributed by atoms with Crippen LogP contribution in [-0.2, 0) is 17.8 Å². The molecule has 4 aromatic rings. The number of carbonyl (C=O) groups is 1. The van der Waals surface area contributed by atoms with Crippen LogP contribution in [0.4, 0.5) is 15.9 Å². The first-order valence-corrected chi connectivity index (χ1v) is 11.4. The van der Waals surface area contributed by atoms with Gasteiger partial charge in [0.1, 0.15) is 11.6 Å². The van der Waals surface area contributed by atoms with Crippen LogP contribution < -0.4 is 10.2 Å². The summed E-state index contributed by atoms with van der Waals surface area (Å²) in [5.74, 6) is 1.16. The second-order valence-electron chi connectivity index (χ2n) is 8.29. The molecule has 1 fully saturated rings. The van der Waals surface area contributed by atoms with Crippen molar-refractivity contribution in [3.8, 4) is 0 Å². The number of aromatic nitrogens is 4. The Kier molecular flexibility index (Phi) is 6.33. The minimum atomic E-state index is -0.259. The number of aryl methyl sites for hydroxylation is 1. The Morgan fingerprint density at radius 1 is 0.912 bits per heavy atom.